The van der Waals surface area contributed by atoms with Crippen molar-refractivity contribution in [2.45, 2.75) is 39.8 Å². The lowest BCUT2D eigenvalue weighted by atomic mass is 9.96. The van der Waals surface area contributed by atoms with E-state index in [1.807, 2.05) is 11.7 Å². The molecule has 0 spiro atoms. The van der Waals surface area contributed by atoms with E-state index in [1.54, 1.807) is 13.3 Å². The van der Waals surface area contributed by atoms with Crippen molar-refractivity contribution < 1.29 is 4.74 Å². The van der Waals surface area contributed by atoms with Crippen LogP contribution in [0.2, 0.25) is 0 Å². The summed E-state index contributed by atoms with van der Waals surface area (Å²) in [7, 11) is 3.68. The Kier molecular flexibility index (Phi) is 5.02. The molecule has 0 saturated heterocycles. The first-order chi connectivity index (χ1) is 10.1. The summed E-state index contributed by atoms with van der Waals surface area (Å²) in [5, 5.41) is 7.90. The van der Waals surface area contributed by atoms with E-state index in [9.17, 15) is 0 Å². The predicted molar refractivity (Wildman–Crippen MR) is 85.9 cm³/mol. The van der Waals surface area contributed by atoms with Crippen molar-refractivity contribution in [3.8, 4) is 5.75 Å². The first-order valence-corrected chi connectivity index (χ1v) is 7.46. The quantitative estimate of drug-likeness (QED) is 0.886. The molecule has 1 unspecified atom stereocenters. The molecule has 114 valence electrons. The average molecular weight is 287 g/mol. The van der Waals surface area contributed by atoms with E-state index in [1.165, 1.54) is 16.7 Å². The van der Waals surface area contributed by atoms with Gasteiger partial charge in [0.25, 0.3) is 0 Å². The second-order valence-electron chi connectivity index (χ2n) is 5.40. The lowest BCUT2D eigenvalue weighted by Gasteiger charge is -2.22. The zero-order valence-corrected chi connectivity index (χ0v) is 13.6. The van der Waals surface area contributed by atoms with Crippen molar-refractivity contribution in [3.05, 3.63) is 46.8 Å². The molecule has 2 rings (SSSR count). The number of methoxy groups -OCH3 is 1. The molecule has 1 atom stereocenters. The number of rotatable bonds is 6. The Hall–Kier alpha value is -1.81. The predicted octanol–water partition coefficient (Wildman–Crippen LogP) is 3.23. The van der Waals surface area contributed by atoms with Crippen LogP contribution in [0.1, 0.15) is 41.8 Å². The van der Waals surface area contributed by atoms with Gasteiger partial charge in [-0.3, -0.25) is 4.68 Å². The van der Waals surface area contributed by atoms with Gasteiger partial charge in [0.1, 0.15) is 5.69 Å². The molecule has 4 heteroatoms. The lowest BCUT2D eigenvalue weighted by molar-refractivity contribution is 0.400. The number of nitrogens with one attached hydrogen (secondary N) is 1. The summed E-state index contributed by atoms with van der Waals surface area (Å²) in [6, 6.07) is 6.63. The van der Waals surface area contributed by atoms with E-state index >= 15 is 0 Å². The highest BCUT2D eigenvalue weighted by atomic mass is 16.5. The Balaban J connectivity index is 2.55. The van der Waals surface area contributed by atoms with Gasteiger partial charge in [-0.05, 0) is 38.4 Å². The normalized spacial score (nSPS) is 12.4. The minimum atomic E-state index is 0.0777. The van der Waals surface area contributed by atoms with Gasteiger partial charge in [-0.15, -0.1) is 0 Å². The van der Waals surface area contributed by atoms with Gasteiger partial charge in [0.05, 0.1) is 19.3 Å². The molecule has 1 heterocycles. The molecule has 0 radical (unpaired) electrons. The van der Waals surface area contributed by atoms with Crippen LogP contribution < -0.4 is 10.1 Å². The smallest absolute Gasteiger partial charge is 0.161 e. The molecule has 0 aliphatic rings. The maximum absolute atomic E-state index is 5.52. The van der Waals surface area contributed by atoms with Gasteiger partial charge in [0.15, 0.2) is 5.75 Å². The van der Waals surface area contributed by atoms with Crippen LogP contribution in [0.25, 0.3) is 0 Å². The molecule has 1 aromatic heterocycles. The minimum absolute atomic E-state index is 0.0777. The fourth-order valence-electron chi connectivity index (χ4n) is 2.73. The Labute approximate surface area is 127 Å². The standard InChI is InChI=1S/C17H25N3O/c1-6-9-20-17(15(21-5)11-19-20)16(18-4)14-10-12(2)7-8-13(14)3/h7-8,10-11,16,18H,6,9H2,1-5H3. The molecule has 21 heavy (non-hydrogen) atoms. The van der Waals surface area contributed by atoms with E-state index < -0.39 is 0 Å². The number of nitrogens with zero attached hydrogens (tertiary/aromatic N) is 2. The number of ether oxygens (including phenoxy) is 1. The van der Waals surface area contributed by atoms with Gasteiger partial charge < -0.3 is 10.1 Å². The zero-order chi connectivity index (χ0) is 15.4. The second-order valence-corrected chi connectivity index (χ2v) is 5.40. The van der Waals surface area contributed by atoms with Gasteiger partial charge in [0, 0.05) is 6.54 Å². The van der Waals surface area contributed by atoms with Crippen molar-refractivity contribution >= 4 is 0 Å². The molecule has 1 aromatic carbocycles. The van der Waals surface area contributed by atoms with Crippen molar-refractivity contribution in [1.82, 2.24) is 15.1 Å². The molecule has 0 aliphatic carbocycles. The summed E-state index contributed by atoms with van der Waals surface area (Å²) in [4.78, 5) is 0. The minimum Gasteiger partial charge on any atom is -0.493 e. The van der Waals surface area contributed by atoms with Gasteiger partial charge in [-0.25, -0.2) is 0 Å². The summed E-state index contributed by atoms with van der Waals surface area (Å²) in [5.74, 6) is 0.837. The van der Waals surface area contributed by atoms with Crippen LogP contribution in [0, 0.1) is 13.8 Å². The largest absolute Gasteiger partial charge is 0.493 e. The Morgan fingerprint density at radius 2 is 2.10 bits per heavy atom. The summed E-state index contributed by atoms with van der Waals surface area (Å²) < 4.78 is 7.57. The molecule has 1 N–H and O–H groups in total. The Bertz CT molecular complexity index is 604. The SMILES string of the molecule is CCCn1ncc(OC)c1C(NC)c1cc(C)ccc1C. The first-order valence-electron chi connectivity index (χ1n) is 7.46. The van der Waals surface area contributed by atoms with Crippen molar-refractivity contribution in [1.29, 1.82) is 0 Å². The molecule has 0 amide bonds. The number of aryl methyl sites for hydroxylation is 3. The number of aromatic nitrogens is 2. The molecule has 2 aromatic rings. The molecular formula is C17H25N3O. The Morgan fingerprint density at radius 3 is 2.71 bits per heavy atom. The van der Waals surface area contributed by atoms with Crippen LogP contribution >= 0.6 is 0 Å². The molecule has 0 aliphatic heterocycles. The van der Waals surface area contributed by atoms with Crippen molar-refractivity contribution in [2.75, 3.05) is 14.2 Å². The third-order valence-electron chi connectivity index (χ3n) is 3.81. The Morgan fingerprint density at radius 1 is 1.33 bits per heavy atom. The molecule has 0 fully saturated rings. The fourth-order valence-corrected chi connectivity index (χ4v) is 2.73. The van der Waals surface area contributed by atoms with Gasteiger partial charge in [-0.1, -0.05) is 30.7 Å². The van der Waals surface area contributed by atoms with E-state index in [-0.39, 0.29) is 6.04 Å². The van der Waals surface area contributed by atoms with E-state index in [0.29, 0.717) is 0 Å². The molecule has 0 saturated carbocycles. The average Bonchev–Trinajstić information content (AvgIpc) is 2.87. The van der Waals surface area contributed by atoms with Crippen LogP contribution in [-0.4, -0.2) is 23.9 Å². The number of benzene rings is 1. The summed E-state index contributed by atoms with van der Waals surface area (Å²) in [5.41, 5.74) is 4.90. The van der Waals surface area contributed by atoms with Crippen LogP contribution in [0.3, 0.4) is 0 Å². The summed E-state index contributed by atoms with van der Waals surface area (Å²) in [6.07, 6.45) is 2.85. The van der Waals surface area contributed by atoms with Crippen molar-refractivity contribution in [3.63, 3.8) is 0 Å². The third kappa shape index (κ3) is 3.10. The molecular weight excluding hydrogens is 262 g/mol. The third-order valence-corrected chi connectivity index (χ3v) is 3.81. The van der Waals surface area contributed by atoms with Crippen LogP contribution in [0.4, 0.5) is 0 Å². The molecule has 4 nitrogen and oxygen atoms in total. The van der Waals surface area contributed by atoms with E-state index in [0.717, 1.165) is 24.4 Å². The topological polar surface area (TPSA) is 39.1 Å². The maximum atomic E-state index is 5.52. The number of hydrogen-bond acceptors (Lipinski definition) is 3. The highest BCUT2D eigenvalue weighted by Crippen LogP contribution is 2.32. The van der Waals surface area contributed by atoms with Gasteiger partial charge in [-0.2, -0.15) is 5.10 Å². The van der Waals surface area contributed by atoms with Crippen LogP contribution in [0.5, 0.6) is 5.75 Å². The summed E-state index contributed by atoms with van der Waals surface area (Å²) >= 11 is 0. The maximum Gasteiger partial charge on any atom is 0.161 e. The van der Waals surface area contributed by atoms with E-state index in [4.69, 9.17) is 4.74 Å². The zero-order valence-electron chi connectivity index (χ0n) is 13.6. The van der Waals surface area contributed by atoms with Gasteiger partial charge >= 0.3 is 0 Å². The fraction of sp³-hybridized carbons (Fsp3) is 0.471. The first kappa shape index (κ1) is 15.6. The molecule has 0 bridgehead atoms. The summed E-state index contributed by atoms with van der Waals surface area (Å²) in [6.45, 7) is 7.31. The van der Waals surface area contributed by atoms with E-state index in [2.05, 4.69) is 49.4 Å². The van der Waals surface area contributed by atoms with Crippen molar-refractivity contribution in [2.24, 2.45) is 0 Å². The van der Waals surface area contributed by atoms with Gasteiger partial charge in [0.2, 0.25) is 0 Å². The second kappa shape index (κ2) is 6.76. The van der Waals surface area contributed by atoms with Crippen LogP contribution in [-0.2, 0) is 6.54 Å². The highest BCUT2D eigenvalue weighted by molar-refractivity contribution is 5.41. The van der Waals surface area contributed by atoms with Crippen LogP contribution in [0.15, 0.2) is 24.4 Å². The monoisotopic (exact) mass is 287 g/mol. The number of hydrogen-bond donors (Lipinski definition) is 1. The lowest BCUT2D eigenvalue weighted by Crippen LogP contribution is -2.23. The highest BCUT2D eigenvalue weighted by Gasteiger charge is 2.23.